The van der Waals surface area contributed by atoms with Gasteiger partial charge in [0, 0.05) is 55.5 Å². The Balaban J connectivity index is 0.000000243. The number of carbonyl (C=O) groups is 2. The predicted molar refractivity (Wildman–Crippen MR) is 516 cm³/mol. The van der Waals surface area contributed by atoms with Crippen molar-refractivity contribution < 1.29 is 146 Å². The molecule has 6 N–H and O–H groups in total. The van der Waals surface area contributed by atoms with Crippen LogP contribution in [-0.4, -0.2) is 102 Å². The van der Waals surface area contributed by atoms with Gasteiger partial charge in [-0.05, 0) is 277 Å². The van der Waals surface area contributed by atoms with Crippen LogP contribution in [0.15, 0.2) is 357 Å². The molecule has 0 saturated heterocycles. The summed E-state index contributed by atoms with van der Waals surface area (Å²) in [6.07, 6.45) is 0. The van der Waals surface area contributed by atoms with Crippen molar-refractivity contribution in [1.82, 2.24) is 8.25 Å². The number of nitrogens with one attached hydrogen (secondary N) is 2. The van der Waals surface area contributed by atoms with Crippen LogP contribution >= 0.6 is 23.5 Å². The minimum atomic E-state index is -6.79. The van der Waals surface area contributed by atoms with E-state index in [1.165, 1.54) is 54.6 Å². The molecule has 14 aromatic carbocycles. The molecule has 0 amide bonds. The lowest BCUT2D eigenvalue weighted by molar-refractivity contribution is -0.0905. The summed E-state index contributed by atoms with van der Waals surface area (Å²) in [5, 5.41) is -4.88. The van der Waals surface area contributed by atoms with Crippen molar-refractivity contribution in [1.29, 1.82) is 0 Å². The molecule has 0 unspecified atom stereocenters. The maximum atomic E-state index is 15.9. The zero-order valence-electron chi connectivity index (χ0n) is 76.2. The zero-order valence-corrected chi connectivity index (χ0v) is 82.7. The number of alkyl halides is 8. The average Bonchev–Trinajstić information content (AvgIpc) is 0.754. The van der Waals surface area contributed by atoms with E-state index in [2.05, 4.69) is 13.8 Å². The van der Waals surface area contributed by atoms with Gasteiger partial charge in [-0.1, -0.05) is 170 Å². The first kappa shape index (κ1) is 111. The van der Waals surface area contributed by atoms with Crippen LogP contribution in [0.3, 0.4) is 0 Å². The fourth-order valence-corrected chi connectivity index (χ4v) is 22.2. The number of benzene rings is 14. The van der Waals surface area contributed by atoms with E-state index in [9.17, 15) is 110 Å². The summed E-state index contributed by atoms with van der Waals surface area (Å²) in [7, 11) is -34.2. The van der Waals surface area contributed by atoms with Crippen LogP contribution in [0.25, 0.3) is 0 Å². The highest BCUT2D eigenvalue weighted by Gasteiger charge is 2.69. The van der Waals surface area contributed by atoms with Crippen molar-refractivity contribution in [2.24, 2.45) is 0 Å². The van der Waals surface area contributed by atoms with Crippen molar-refractivity contribution >= 4 is 95.4 Å². The Morgan fingerprint density at radius 1 is 0.292 bits per heavy atom. The van der Waals surface area contributed by atoms with Gasteiger partial charge in [0.15, 0.2) is 11.6 Å². The largest absolute Gasteiger partial charge is 0.508 e. The van der Waals surface area contributed by atoms with Gasteiger partial charge in [-0.3, -0.25) is 18.7 Å². The number of aromatic hydroxyl groups is 2. The molecule has 14 aromatic rings. The van der Waals surface area contributed by atoms with E-state index < -0.39 is 174 Å². The molecule has 43 heteroatoms. The van der Waals surface area contributed by atoms with Crippen molar-refractivity contribution in [3.63, 3.8) is 0 Å². The fourth-order valence-electron chi connectivity index (χ4n) is 13.4. The summed E-state index contributed by atoms with van der Waals surface area (Å²) < 4.78 is 353. The van der Waals surface area contributed by atoms with Gasteiger partial charge in [0.1, 0.15) is 69.3 Å². The summed E-state index contributed by atoms with van der Waals surface area (Å²) in [4.78, 5) is 18.9. The van der Waals surface area contributed by atoms with Gasteiger partial charge in [0.05, 0.1) is 24.5 Å². The molecule has 0 bridgehead atoms. The van der Waals surface area contributed by atoms with Crippen molar-refractivity contribution in [3.8, 4) is 46.0 Å². The minimum absolute atomic E-state index is 0.00190. The second kappa shape index (κ2) is 43.8. The van der Waals surface area contributed by atoms with Crippen LogP contribution in [0.5, 0.6) is 46.0 Å². The first-order valence-electron chi connectivity index (χ1n) is 41.9. The number of phenolic OH excluding ortho intramolecular Hbond substituents is 2. The number of phenols is 2. The number of sulfonamides is 4. The summed E-state index contributed by atoms with van der Waals surface area (Å²) in [6, 6.07) is 76.0. The van der Waals surface area contributed by atoms with Gasteiger partial charge in [0.25, 0.3) is 60.3 Å². The smallest absolute Gasteiger partial charge is 0.431 e. The molecule has 0 atom stereocenters. The van der Waals surface area contributed by atoms with Crippen LogP contribution in [-0.2, 0) is 76.6 Å². The van der Waals surface area contributed by atoms with E-state index in [-0.39, 0.29) is 51.8 Å². The molecule has 14 rings (SSSR count). The Hall–Kier alpha value is -13.2. The van der Waals surface area contributed by atoms with E-state index >= 15 is 17.6 Å². The molecule has 0 aliphatic heterocycles. The van der Waals surface area contributed by atoms with Gasteiger partial charge in [0.2, 0.25) is 0 Å². The first-order valence-corrected chi connectivity index (χ1v) is 52.3. The molecule has 23 nitrogen and oxygen atoms in total. The van der Waals surface area contributed by atoms with E-state index in [0.29, 0.717) is 103 Å². The topological polar surface area (TPSA) is 372 Å². The first-order chi connectivity index (χ1) is 66.9. The quantitative estimate of drug-likeness (QED) is 0.00987. The van der Waals surface area contributed by atoms with E-state index in [1.807, 2.05) is 139 Å². The Morgan fingerprint density at radius 2 is 0.535 bits per heavy atom. The van der Waals surface area contributed by atoms with Gasteiger partial charge < -0.3 is 24.4 Å². The molecule has 0 saturated carbocycles. The summed E-state index contributed by atoms with van der Waals surface area (Å²) in [5.74, 6) is -2.51. The zero-order chi connectivity index (χ0) is 106. The normalized spacial score (nSPS) is 12.5. The number of ketones is 2. The van der Waals surface area contributed by atoms with Gasteiger partial charge in [-0.2, -0.15) is 52.0 Å². The highest BCUT2D eigenvalue weighted by molar-refractivity contribution is 8.07. The molecule has 144 heavy (non-hydrogen) atoms. The van der Waals surface area contributed by atoms with Crippen molar-refractivity contribution in [2.75, 3.05) is 0 Å². The molecule has 0 radical (unpaired) electrons. The monoisotopic (exact) mass is 2140 g/mol. The Kier molecular flexibility index (Phi) is 33.8. The Labute approximate surface area is 829 Å². The van der Waals surface area contributed by atoms with Crippen LogP contribution in [0, 0.1) is 37.1 Å². The van der Waals surface area contributed by atoms with Crippen molar-refractivity contribution in [2.45, 2.75) is 122 Å². The third-order valence-corrected chi connectivity index (χ3v) is 33.2. The lowest BCUT2D eigenvalue weighted by Gasteiger charge is -2.27. The SMILES string of the molecule is CC(C)(c1ccc(O)cc1)c1ccc(O)cc1.Cc1ccc(C(=O)c2ccc(Oc3ccc(C(C)(C)c4ccc(Oc5ccc(SC(F)(F)C(F)(F)S(=O)(=O)NS(=O)(=O)c6ccc(S(=O)(=O)O)cc6)c(Oc6ccc(C(C)(C)c7ccc(C)cc7)cc6)c5)cc4)cc3)cc2)cc1.O=C(c1ccc(F)cc1)c1ccc(F)cc1.O=S(=O)(O)c1ccc(S(=O)(=O)NS(=O)(=O)C(F)(F)C(F)(F)Sc2ccc(F)cc2F)cc1. The summed E-state index contributed by atoms with van der Waals surface area (Å²) in [6.45, 7) is 16.2. The number of carbonyl (C=O) groups excluding carboxylic acids is 2. The molecule has 0 aliphatic carbocycles. The fraction of sp³-hybridized carbons (Fsp3) is 0.149. The highest BCUT2D eigenvalue weighted by atomic mass is 32.3. The number of aryl methyl sites for hydroxylation is 2. The summed E-state index contributed by atoms with van der Waals surface area (Å²) >= 11 is -2.21. The minimum Gasteiger partial charge on any atom is -0.508 e. The van der Waals surface area contributed by atoms with Gasteiger partial charge in [-0.15, -0.1) is 0 Å². The van der Waals surface area contributed by atoms with Crippen LogP contribution < -0.4 is 22.5 Å². The molecule has 0 spiro atoms. The number of thioether (sulfide) groups is 2. The third kappa shape index (κ3) is 27.1. The standard InChI is InChI=1S/C59H51F4NO11S4.C15H16O2.C14H9F6NO7S4.C13H8F2O/c1-38-7-11-40(12-8-38)55(65)41-13-23-46(24-14-41)73-47-25-17-43(18-26-47)57(5,6)44-19-27-48(28-20-44)74-50-31-36-54(53(37-50)75-49-29-21-45(22-30-49)56(3,4)42-15-9-39(2)10-16-42)76-58(60,61)59(62,63)79(71,72)64-77(66,67)51-32-34-52(35-33-51)78(68,69)70;1-15(2,11-3-7-13(16)8-4-11)12-5-9-14(17)10-6-12;15-8-1-6-12(11(16)7-8)29-13(17,18)14(19,20)32(27,28)21-30(22,23)9-2-4-10(5-3-9)31(24,25)26;14-11-5-1-9(2-6-11)13(16)10-3-7-12(15)8-4-10/h7-37,64H,1-6H3,(H,68,69,70);3-10,16-17H,1-2H3;1-7,21H,(H,24,25,26);1-8H. The van der Waals surface area contributed by atoms with E-state index in [0.717, 1.165) is 56.6 Å². The number of ether oxygens (including phenoxy) is 3. The molecule has 0 fully saturated rings. The van der Waals surface area contributed by atoms with E-state index in [4.69, 9.17) is 18.8 Å². The maximum absolute atomic E-state index is 15.9. The highest BCUT2D eigenvalue weighted by Crippen LogP contribution is 2.54. The number of hydrogen-bond acceptors (Lipinski definition) is 21. The second-order valence-electron chi connectivity index (χ2n) is 33.3. The third-order valence-electron chi connectivity index (χ3n) is 22.0. The van der Waals surface area contributed by atoms with Crippen LogP contribution in [0.4, 0.5) is 52.7 Å². The Bertz CT molecular complexity index is 7640. The lowest BCUT2D eigenvalue weighted by Crippen LogP contribution is -2.51. The second-order valence-corrected chi connectivity index (χ2v) is 45.8. The van der Waals surface area contributed by atoms with E-state index in [1.54, 1.807) is 97.1 Å². The number of halogens is 12. The molecular weight excluding hydrogens is 2060 g/mol. The molecule has 0 heterocycles. The van der Waals surface area contributed by atoms with Crippen LogP contribution in [0.2, 0.25) is 0 Å². The van der Waals surface area contributed by atoms with Gasteiger partial charge in [-0.25, -0.2) is 51.2 Å². The maximum Gasteiger partial charge on any atom is 0.431 e. The predicted octanol–water partition coefficient (Wildman–Crippen LogP) is 23.8. The van der Waals surface area contributed by atoms with Crippen molar-refractivity contribution in [3.05, 3.63) is 418 Å². The lowest BCUT2D eigenvalue weighted by atomic mass is 9.78. The Morgan fingerprint density at radius 3 is 0.854 bits per heavy atom. The average molecular weight is 2150 g/mol. The molecule has 0 aromatic heterocycles. The molecule has 756 valence electrons. The molecule has 0 aliphatic rings. The summed E-state index contributed by atoms with van der Waals surface area (Å²) in [5.41, 5.74) is 8.72. The number of rotatable bonds is 32. The number of hydrogen-bond donors (Lipinski definition) is 6. The molecular formula is C101H84F12N2O21S8. The van der Waals surface area contributed by atoms with Gasteiger partial charge >= 0.3 is 21.0 Å². The van der Waals surface area contributed by atoms with Crippen LogP contribution in [0.1, 0.15) is 118 Å².